The molecule has 0 saturated carbocycles. The van der Waals surface area contributed by atoms with Crippen LogP contribution in [0, 0.1) is 0 Å². The molecule has 0 unspecified atom stereocenters. The fraction of sp³-hybridized carbons (Fsp3) is 0. The van der Waals surface area contributed by atoms with Crippen molar-refractivity contribution >= 4 is 54.4 Å². The summed E-state index contributed by atoms with van der Waals surface area (Å²) in [4.78, 5) is 0. The highest BCUT2D eigenvalue weighted by molar-refractivity contribution is 6.38. The third-order valence-corrected chi connectivity index (χ3v) is 9.62. The molecule has 0 aliphatic rings. The Labute approximate surface area is 266 Å². The van der Waals surface area contributed by atoms with E-state index in [0.29, 0.717) is 0 Å². The van der Waals surface area contributed by atoms with Gasteiger partial charge in [-0.25, -0.2) is 0 Å². The number of aromatic nitrogens is 2. The van der Waals surface area contributed by atoms with E-state index in [0.717, 1.165) is 5.69 Å². The Hall–Kier alpha value is -6.12. The highest BCUT2D eigenvalue weighted by atomic mass is 15.0. The Bertz CT molecular complexity index is 2660. The van der Waals surface area contributed by atoms with E-state index in [1.165, 1.54) is 82.3 Å². The lowest BCUT2D eigenvalue weighted by Gasteiger charge is -2.15. The second-order valence-corrected chi connectivity index (χ2v) is 12.1. The van der Waals surface area contributed by atoms with Gasteiger partial charge in [0.15, 0.2) is 0 Å². The third-order valence-electron chi connectivity index (χ3n) is 9.62. The summed E-state index contributed by atoms with van der Waals surface area (Å²) in [6, 6.07) is 61.8. The second-order valence-electron chi connectivity index (χ2n) is 12.1. The zero-order valence-corrected chi connectivity index (χ0v) is 25.1. The minimum absolute atomic E-state index is 1.16. The number of benzene rings is 8. The fourth-order valence-electron chi connectivity index (χ4n) is 7.74. The van der Waals surface area contributed by atoms with Crippen LogP contribution in [0.4, 0.5) is 0 Å². The summed E-state index contributed by atoms with van der Waals surface area (Å²) < 4.78 is 4.94. The third kappa shape index (κ3) is 3.53. The Kier molecular flexibility index (Phi) is 5.31. The van der Waals surface area contributed by atoms with Crippen LogP contribution < -0.4 is 0 Å². The minimum Gasteiger partial charge on any atom is -0.309 e. The molecule has 8 aromatic carbocycles. The van der Waals surface area contributed by atoms with Crippen LogP contribution in [-0.4, -0.2) is 9.13 Å². The molecule has 2 aromatic heterocycles. The maximum absolute atomic E-state index is 2.51. The quantitative estimate of drug-likeness (QED) is 0.182. The molecule has 0 bridgehead atoms. The fourth-order valence-corrected chi connectivity index (χ4v) is 7.74. The van der Waals surface area contributed by atoms with Crippen molar-refractivity contribution in [2.45, 2.75) is 0 Å². The Morgan fingerprint density at radius 3 is 1.43 bits per heavy atom. The van der Waals surface area contributed by atoms with E-state index in [2.05, 4.69) is 179 Å². The summed E-state index contributed by atoms with van der Waals surface area (Å²) in [5.41, 5.74) is 12.1. The number of hydrogen-bond acceptors (Lipinski definition) is 0. The molecule has 0 spiro atoms. The summed E-state index contributed by atoms with van der Waals surface area (Å²) in [7, 11) is 0. The van der Waals surface area contributed by atoms with Crippen LogP contribution in [-0.2, 0) is 0 Å². The summed E-state index contributed by atoms with van der Waals surface area (Å²) in [6.07, 6.45) is 0. The maximum Gasteiger partial charge on any atom is 0.0626 e. The molecule has 0 aliphatic carbocycles. The van der Waals surface area contributed by atoms with Gasteiger partial charge >= 0.3 is 0 Å². The van der Waals surface area contributed by atoms with Gasteiger partial charge in [-0.2, -0.15) is 0 Å². The van der Waals surface area contributed by atoms with Crippen molar-refractivity contribution < 1.29 is 0 Å². The van der Waals surface area contributed by atoms with Crippen molar-refractivity contribution in [1.29, 1.82) is 0 Å². The van der Waals surface area contributed by atoms with E-state index in [-0.39, 0.29) is 0 Å². The predicted octanol–water partition coefficient (Wildman–Crippen LogP) is 11.8. The van der Waals surface area contributed by atoms with Crippen molar-refractivity contribution in [2.24, 2.45) is 0 Å². The molecular formula is C44H28N2. The first kappa shape index (κ1) is 25.2. The smallest absolute Gasteiger partial charge is 0.0626 e. The largest absolute Gasteiger partial charge is 0.309 e. The molecule has 0 fully saturated rings. The number of fused-ring (bicyclic) bond motifs is 5. The molecular weight excluding hydrogens is 556 g/mol. The van der Waals surface area contributed by atoms with Gasteiger partial charge in [-0.15, -0.1) is 0 Å². The first-order valence-corrected chi connectivity index (χ1v) is 15.9. The van der Waals surface area contributed by atoms with Crippen LogP contribution >= 0.6 is 0 Å². The monoisotopic (exact) mass is 584 g/mol. The summed E-state index contributed by atoms with van der Waals surface area (Å²) >= 11 is 0. The van der Waals surface area contributed by atoms with Gasteiger partial charge < -0.3 is 9.13 Å². The van der Waals surface area contributed by atoms with Crippen molar-refractivity contribution in [3.05, 3.63) is 170 Å². The van der Waals surface area contributed by atoms with E-state index in [4.69, 9.17) is 0 Å². The summed E-state index contributed by atoms with van der Waals surface area (Å²) in [5.74, 6) is 0. The van der Waals surface area contributed by atoms with Crippen molar-refractivity contribution in [3.8, 4) is 33.6 Å². The zero-order chi connectivity index (χ0) is 30.2. The molecule has 214 valence electrons. The molecule has 0 radical (unpaired) electrons. The number of rotatable bonds is 4. The van der Waals surface area contributed by atoms with Gasteiger partial charge in [0.1, 0.15) is 0 Å². The normalized spacial score (nSPS) is 11.9. The molecule has 0 saturated heterocycles. The number of para-hydroxylation sites is 2. The number of nitrogens with zero attached hydrogens (tertiary/aromatic N) is 2. The van der Waals surface area contributed by atoms with E-state index in [9.17, 15) is 0 Å². The van der Waals surface area contributed by atoms with Gasteiger partial charge in [0.05, 0.1) is 22.1 Å². The van der Waals surface area contributed by atoms with Gasteiger partial charge in [-0.3, -0.25) is 0 Å². The van der Waals surface area contributed by atoms with Gasteiger partial charge in [0, 0.05) is 38.3 Å². The molecule has 10 rings (SSSR count). The second kappa shape index (κ2) is 9.69. The Morgan fingerprint density at radius 1 is 0.283 bits per heavy atom. The van der Waals surface area contributed by atoms with Crippen LogP contribution in [0.1, 0.15) is 0 Å². The average Bonchev–Trinajstić information content (AvgIpc) is 3.67. The first-order chi connectivity index (χ1) is 22.8. The van der Waals surface area contributed by atoms with Crippen LogP contribution in [0.3, 0.4) is 0 Å². The van der Waals surface area contributed by atoms with Crippen LogP contribution in [0.5, 0.6) is 0 Å². The molecule has 46 heavy (non-hydrogen) atoms. The predicted molar refractivity (Wildman–Crippen MR) is 195 cm³/mol. The molecule has 2 heteroatoms. The molecule has 2 heterocycles. The SMILES string of the molecule is c1ccc(-c2cc(-c3ccccc3)cc(-n3c4ccccc4c4c5cccc6c5c5c(cccc5n6-c5ccccc5)c43)c2)cc1. The van der Waals surface area contributed by atoms with E-state index in [1.807, 2.05) is 0 Å². The topological polar surface area (TPSA) is 9.86 Å². The van der Waals surface area contributed by atoms with Gasteiger partial charge in [0.2, 0.25) is 0 Å². The molecule has 0 aliphatic heterocycles. The molecule has 10 aromatic rings. The lowest BCUT2D eigenvalue weighted by Crippen LogP contribution is -1.97. The van der Waals surface area contributed by atoms with Crippen molar-refractivity contribution in [2.75, 3.05) is 0 Å². The summed E-state index contributed by atoms with van der Waals surface area (Å²) in [5, 5.41) is 7.79. The lowest BCUT2D eigenvalue weighted by molar-refractivity contribution is 1.18. The van der Waals surface area contributed by atoms with Gasteiger partial charge in [0.25, 0.3) is 0 Å². The Balaban J connectivity index is 1.40. The van der Waals surface area contributed by atoms with Crippen molar-refractivity contribution in [1.82, 2.24) is 9.13 Å². The highest BCUT2D eigenvalue weighted by Crippen LogP contribution is 2.47. The number of hydrogen-bond donors (Lipinski definition) is 0. The minimum atomic E-state index is 1.16. The van der Waals surface area contributed by atoms with Gasteiger partial charge in [-0.1, -0.05) is 121 Å². The van der Waals surface area contributed by atoms with E-state index >= 15 is 0 Å². The zero-order valence-electron chi connectivity index (χ0n) is 25.1. The van der Waals surface area contributed by atoms with Crippen LogP contribution in [0.25, 0.3) is 88.0 Å². The average molecular weight is 585 g/mol. The van der Waals surface area contributed by atoms with E-state index < -0.39 is 0 Å². The molecule has 2 nitrogen and oxygen atoms in total. The maximum atomic E-state index is 2.51. The van der Waals surface area contributed by atoms with E-state index in [1.54, 1.807) is 0 Å². The molecule has 0 amide bonds. The van der Waals surface area contributed by atoms with Crippen LogP contribution in [0.15, 0.2) is 170 Å². The molecule has 0 N–H and O–H groups in total. The standard InChI is InChI=1S/C44H28N2/c1-4-14-29(15-5-1)31-26-32(30-16-6-2-7-17-30)28-34(27-31)46-38-23-11-10-20-35(38)41-36-21-12-24-39-42(36)43-37(44(41)46)22-13-25-40(43)45(39)33-18-8-3-9-19-33/h1-28H. The first-order valence-electron chi connectivity index (χ1n) is 15.9. The molecule has 0 atom stereocenters. The van der Waals surface area contributed by atoms with Crippen molar-refractivity contribution in [3.63, 3.8) is 0 Å². The Morgan fingerprint density at radius 2 is 0.783 bits per heavy atom. The highest BCUT2D eigenvalue weighted by Gasteiger charge is 2.24. The summed E-state index contributed by atoms with van der Waals surface area (Å²) in [6.45, 7) is 0. The van der Waals surface area contributed by atoms with Gasteiger partial charge in [-0.05, 0) is 76.2 Å². The lowest BCUT2D eigenvalue weighted by atomic mass is 9.96. The van der Waals surface area contributed by atoms with Crippen LogP contribution in [0.2, 0.25) is 0 Å².